The first-order chi connectivity index (χ1) is 8.10. The van der Waals surface area contributed by atoms with Gasteiger partial charge in [-0.15, -0.1) is 0 Å². The van der Waals surface area contributed by atoms with E-state index in [4.69, 9.17) is 0 Å². The minimum Gasteiger partial charge on any atom is -0.388 e. The van der Waals surface area contributed by atoms with Crippen LogP contribution < -0.4 is 4.90 Å². The Morgan fingerprint density at radius 1 is 1.18 bits per heavy atom. The van der Waals surface area contributed by atoms with Crippen LogP contribution in [0, 0.1) is 5.92 Å². The molecule has 0 aliphatic carbocycles. The molecule has 1 aromatic carbocycles. The Morgan fingerprint density at radius 3 is 2.35 bits per heavy atom. The van der Waals surface area contributed by atoms with Gasteiger partial charge in [0.05, 0.1) is 6.10 Å². The monoisotopic (exact) mass is 235 g/mol. The molecule has 0 saturated carbocycles. The number of rotatable bonds is 6. The van der Waals surface area contributed by atoms with Gasteiger partial charge in [0.1, 0.15) is 0 Å². The van der Waals surface area contributed by atoms with Gasteiger partial charge in [-0.1, -0.05) is 39.0 Å². The zero-order valence-electron chi connectivity index (χ0n) is 11.5. The molecular weight excluding hydrogens is 210 g/mol. The molecule has 0 bridgehead atoms. The van der Waals surface area contributed by atoms with E-state index in [1.807, 2.05) is 25.1 Å². The van der Waals surface area contributed by atoms with E-state index in [1.165, 1.54) is 5.69 Å². The third-order valence-corrected chi connectivity index (χ3v) is 2.99. The van der Waals surface area contributed by atoms with Crippen LogP contribution in [0.2, 0.25) is 0 Å². The first kappa shape index (κ1) is 14.0. The second kappa shape index (κ2) is 6.65. The summed E-state index contributed by atoms with van der Waals surface area (Å²) in [5.41, 5.74) is 2.23. The normalized spacial score (nSPS) is 12.8. The highest BCUT2D eigenvalue weighted by atomic mass is 16.3. The van der Waals surface area contributed by atoms with Gasteiger partial charge in [-0.05, 0) is 25.3 Å². The van der Waals surface area contributed by atoms with Crippen molar-refractivity contribution in [2.24, 2.45) is 5.92 Å². The third-order valence-electron chi connectivity index (χ3n) is 2.99. The predicted octanol–water partition coefficient (Wildman–Crippen LogP) is 3.61. The third kappa shape index (κ3) is 3.74. The summed E-state index contributed by atoms with van der Waals surface area (Å²) in [6.45, 7) is 10.6. The maximum absolute atomic E-state index is 10.1. The number of hydrogen-bond acceptors (Lipinski definition) is 2. The summed E-state index contributed by atoms with van der Waals surface area (Å²) in [7, 11) is 0. The van der Waals surface area contributed by atoms with E-state index in [-0.39, 0.29) is 6.10 Å². The first-order valence-corrected chi connectivity index (χ1v) is 6.62. The van der Waals surface area contributed by atoms with Gasteiger partial charge in [0.2, 0.25) is 0 Å². The van der Waals surface area contributed by atoms with E-state index in [0.29, 0.717) is 5.92 Å². The van der Waals surface area contributed by atoms with Crippen LogP contribution in [0.25, 0.3) is 0 Å². The fourth-order valence-electron chi connectivity index (χ4n) is 2.12. The zero-order chi connectivity index (χ0) is 12.8. The van der Waals surface area contributed by atoms with Crippen molar-refractivity contribution < 1.29 is 5.11 Å². The lowest BCUT2D eigenvalue weighted by molar-refractivity contribution is 0.174. The van der Waals surface area contributed by atoms with Crippen molar-refractivity contribution in [1.82, 2.24) is 0 Å². The van der Waals surface area contributed by atoms with Crippen molar-refractivity contribution in [3.05, 3.63) is 29.8 Å². The predicted molar refractivity (Wildman–Crippen MR) is 74.4 cm³/mol. The van der Waals surface area contributed by atoms with Crippen molar-refractivity contribution in [2.75, 3.05) is 18.0 Å². The zero-order valence-corrected chi connectivity index (χ0v) is 11.5. The van der Waals surface area contributed by atoms with Crippen LogP contribution in [0.3, 0.4) is 0 Å². The smallest absolute Gasteiger partial charge is 0.0807 e. The van der Waals surface area contributed by atoms with Crippen molar-refractivity contribution in [1.29, 1.82) is 0 Å². The molecule has 0 aromatic heterocycles. The summed E-state index contributed by atoms with van der Waals surface area (Å²) < 4.78 is 0. The molecule has 17 heavy (non-hydrogen) atoms. The molecule has 0 aliphatic rings. The van der Waals surface area contributed by atoms with Gasteiger partial charge >= 0.3 is 0 Å². The van der Waals surface area contributed by atoms with Gasteiger partial charge in [0.15, 0.2) is 0 Å². The van der Waals surface area contributed by atoms with Crippen LogP contribution in [0.15, 0.2) is 24.3 Å². The summed E-state index contributed by atoms with van der Waals surface area (Å²) in [4.78, 5) is 2.35. The molecule has 0 radical (unpaired) electrons. The quantitative estimate of drug-likeness (QED) is 0.814. The molecule has 2 nitrogen and oxygen atoms in total. The first-order valence-electron chi connectivity index (χ1n) is 6.62. The Morgan fingerprint density at radius 2 is 1.82 bits per heavy atom. The number of nitrogens with zero attached hydrogens (tertiary/aromatic N) is 1. The SMILES string of the molecule is CC[C@H](O)c1ccccc1N(CC)CC(C)C. The Balaban J connectivity index is 3.01. The van der Waals surface area contributed by atoms with E-state index in [9.17, 15) is 5.11 Å². The lowest BCUT2D eigenvalue weighted by Gasteiger charge is -2.28. The molecular formula is C15H25NO. The van der Waals surface area contributed by atoms with E-state index in [2.05, 4.69) is 31.7 Å². The minimum absolute atomic E-state index is 0.354. The molecule has 1 aromatic rings. The molecule has 96 valence electrons. The number of aliphatic hydroxyl groups excluding tert-OH is 1. The number of aliphatic hydroxyl groups is 1. The van der Waals surface area contributed by atoms with Crippen molar-refractivity contribution in [2.45, 2.75) is 40.2 Å². The van der Waals surface area contributed by atoms with Crippen LogP contribution in [0.4, 0.5) is 5.69 Å². The average molecular weight is 235 g/mol. The van der Waals surface area contributed by atoms with Crippen LogP contribution in [0.1, 0.15) is 45.8 Å². The van der Waals surface area contributed by atoms with Crippen LogP contribution >= 0.6 is 0 Å². The molecule has 0 amide bonds. The standard InChI is InChI=1S/C15H25NO/c1-5-15(17)13-9-7-8-10-14(13)16(6-2)11-12(3)4/h7-10,12,15,17H,5-6,11H2,1-4H3/t15-/m0/s1. The maximum Gasteiger partial charge on any atom is 0.0807 e. The largest absolute Gasteiger partial charge is 0.388 e. The Kier molecular flexibility index (Phi) is 5.49. The van der Waals surface area contributed by atoms with E-state index in [1.54, 1.807) is 0 Å². The maximum atomic E-state index is 10.1. The lowest BCUT2D eigenvalue weighted by Crippen LogP contribution is -2.28. The van der Waals surface area contributed by atoms with Crippen molar-refractivity contribution >= 4 is 5.69 Å². The summed E-state index contributed by atoms with van der Waals surface area (Å²) in [5, 5.41) is 10.1. The number of para-hydroxylation sites is 1. The van der Waals surface area contributed by atoms with Crippen LogP contribution in [-0.4, -0.2) is 18.2 Å². The number of hydrogen-bond donors (Lipinski definition) is 1. The molecule has 0 spiro atoms. The Bertz CT molecular complexity index is 335. The fourth-order valence-corrected chi connectivity index (χ4v) is 2.12. The molecule has 1 N–H and O–H groups in total. The van der Waals surface area contributed by atoms with Gasteiger partial charge < -0.3 is 10.0 Å². The molecule has 0 unspecified atom stereocenters. The molecule has 0 heterocycles. The van der Waals surface area contributed by atoms with E-state index in [0.717, 1.165) is 25.1 Å². The van der Waals surface area contributed by atoms with Crippen molar-refractivity contribution in [3.8, 4) is 0 Å². The molecule has 0 fully saturated rings. The molecule has 1 atom stereocenters. The Labute approximate surface area is 105 Å². The summed E-state index contributed by atoms with van der Waals surface area (Å²) >= 11 is 0. The summed E-state index contributed by atoms with van der Waals surface area (Å²) in [6.07, 6.45) is 0.406. The van der Waals surface area contributed by atoms with Gasteiger partial charge in [-0.2, -0.15) is 0 Å². The lowest BCUT2D eigenvalue weighted by atomic mass is 10.0. The van der Waals surface area contributed by atoms with Gasteiger partial charge in [-0.3, -0.25) is 0 Å². The summed E-state index contributed by atoms with van der Waals surface area (Å²) in [5.74, 6) is 0.627. The minimum atomic E-state index is -0.354. The van der Waals surface area contributed by atoms with Gasteiger partial charge in [0.25, 0.3) is 0 Å². The van der Waals surface area contributed by atoms with Crippen molar-refractivity contribution in [3.63, 3.8) is 0 Å². The molecule has 0 aliphatic heterocycles. The molecule has 2 heteroatoms. The number of benzene rings is 1. The fraction of sp³-hybridized carbons (Fsp3) is 0.600. The second-order valence-electron chi connectivity index (χ2n) is 4.92. The average Bonchev–Trinajstić information content (AvgIpc) is 2.34. The highest BCUT2D eigenvalue weighted by Crippen LogP contribution is 2.28. The van der Waals surface area contributed by atoms with E-state index < -0.39 is 0 Å². The number of anilines is 1. The highest BCUT2D eigenvalue weighted by Gasteiger charge is 2.15. The second-order valence-corrected chi connectivity index (χ2v) is 4.92. The van der Waals surface area contributed by atoms with Crippen LogP contribution in [0.5, 0.6) is 0 Å². The van der Waals surface area contributed by atoms with Gasteiger partial charge in [-0.25, -0.2) is 0 Å². The molecule has 0 saturated heterocycles. The summed E-state index contributed by atoms with van der Waals surface area (Å²) in [6, 6.07) is 8.19. The van der Waals surface area contributed by atoms with Crippen LogP contribution in [-0.2, 0) is 0 Å². The molecule has 1 rings (SSSR count). The highest BCUT2D eigenvalue weighted by molar-refractivity contribution is 5.54. The Hall–Kier alpha value is -1.02. The van der Waals surface area contributed by atoms with Gasteiger partial charge in [0, 0.05) is 24.3 Å². The van der Waals surface area contributed by atoms with E-state index >= 15 is 0 Å². The topological polar surface area (TPSA) is 23.5 Å².